The number of nitrogens with one attached hydrogen (secondary N) is 1. The molecular formula is C21H19F3N4O2. The number of fused-ring (bicyclic) bond motifs is 3. The van der Waals surface area contributed by atoms with Crippen molar-refractivity contribution in [2.24, 2.45) is 7.05 Å². The molecule has 4 rings (SSSR count). The summed E-state index contributed by atoms with van der Waals surface area (Å²) in [6.45, 7) is 0.268. The van der Waals surface area contributed by atoms with Gasteiger partial charge >= 0.3 is 6.18 Å². The van der Waals surface area contributed by atoms with Crippen LogP contribution in [-0.2, 0) is 19.8 Å². The summed E-state index contributed by atoms with van der Waals surface area (Å²) in [5.74, 6) is 1.06. The molecule has 0 saturated heterocycles. The Hall–Kier alpha value is -3.49. The second-order valence-electron chi connectivity index (χ2n) is 6.74. The van der Waals surface area contributed by atoms with E-state index in [1.807, 2.05) is 12.1 Å². The van der Waals surface area contributed by atoms with E-state index in [-0.39, 0.29) is 23.5 Å². The predicted molar refractivity (Wildman–Crippen MR) is 108 cm³/mol. The molecule has 0 amide bonds. The second-order valence-corrected chi connectivity index (χ2v) is 6.74. The molecule has 30 heavy (non-hydrogen) atoms. The van der Waals surface area contributed by atoms with Crippen molar-refractivity contribution >= 4 is 27.9 Å². The predicted octanol–water partition coefficient (Wildman–Crippen LogP) is 4.77. The Morgan fingerprint density at radius 1 is 0.967 bits per heavy atom. The summed E-state index contributed by atoms with van der Waals surface area (Å²) in [6, 6.07) is 12.2. The highest BCUT2D eigenvalue weighted by molar-refractivity contribution is 6.08. The van der Waals surface area contributed by atoms with Crippen molar-refractivity contribution in [3.8, 4) is 11.5 Å². The van der Waals surface area contributed by atoms with Crippen LogP contribution < -0.4 is 14.8 Å². The van der Waals surface area contributed by atoms with Crippen LogP contribution in [0.5, 0.6) is 11.5 Å². The molecule has 0 atom stereocenters. The summed E-state index contributed by atoms with van der Waals surface area (Å²) >= 11 is 0. The van der Waals surface area contributed by atoms with Crippen molar-refractivity contribution < 1.29 is 22.6 Å². The number of nitrogens with zero attached hydrogens (tertiary/aromatic N) is 3. The summed E-state index contributed by atoms with van der Waals surface area (Å²) in [7, 11) is 4.71. The molecule has 0 aliphatic rings. The Kier molecular flexibility index (Phi) is 4.89. The minimum atomic E-state index is -4.64. The van der Waals surface area contributed by atoms with Crippen LogP contribution in [0.4, 0.5) is 19.1 Å². The SMILES string of the molecule is COc1ccc(CNc2nc(C(F)(F)F)c3c4cc(OC)ccc4n(C)c3n2)cc1. The lowest BCUT2D eigenvalue weighted by Gasteiger charge is -2.11. The molecule has 2 aromatic heterocycles. The zero-order chi connectivity index (χ0) is 21.5. The molecule has 0 bridgehead atoms. The second kappa shape index (κ2) is 7.40. The molecule has 2 aromatic carbocycles. The molecule has 4 aromatic rings. The lowest BCUT2D eigenvalue weighted by Crippen LogP contribution is -2.13. The number of rotatable bonds is 5. The number of aromatic nitrogens is 3. The third-order valence-corrected chi connectivity index (χ3v) is 4.92. The number of methoxy groups -OCH3 is 2. The van der Waals surface area contributed by atoms with Gasteiger partial charge in [0.25, 0.3) is 0 Å². The fourth-order valence-corrected chi connectivity index (χ4v) is 3.40. The zero-order valence-corrected chi connectivity index (χ0v) is 16.5. The molecule has 9 heteroatoms. The lowest BCUT2D eigenvalue weighted by molar-refractivity contribution is -0.139. The fraction of sp³-hybridized carbons (Fsp3) is 0.238. The maximum Gasteiger partial charge on any atom is 0.434 e. The minimum Gasteiger partial charge on any atom is -0.497 e. The number of halogens is 3. The van der Waals surface area contributed by atoms with Crippen molar-refractivity contribution in [1.82, 2.24) is 14.5 Å². The first kappa shape index (κ1) is 19.8. The third-order valence-electron chi connectivity index (χ3n) is 4.92. The van der Waals surface area contributed by atoms with E-state index in [0.29, 0.717) is 22.4 Å². The number of benzene rings is 2. The Bertz CT molecular complexity index is 1220. The largest absolute Gasteiger partial charge is 0.497 e. The number of alkyl halides is 3. The first-order chi connectivity index (χ1) is 14.3. The van der Waals surface area contributed by atoms with Crippen LogP contribution >= 0.6 is 0 Å². The average molecular weight is 416 g/mol. The monoisotopic (exact) mass is 416 g/mol. The van der Waals surface area contributed by atoms with Gasteiger partial charge in [-0.15, -0.1) is 0 Å². The van der Waals surface area contributed by atoms with Gasteiger partial charge in [0.15, 0.2) is 5.69 Å². The summed E-state index contributed by atoms with van der Waals surface area (Å²) < 4.78 is 53.6. The highest BCUT2D eigenvalue weighted by Crippen LogP contribution is 2.39. The minimum absolute atomic E-state index is 0.0473. The fourth-order valence-electron chi connectivity index (χ4n) is 3.40. The van der Waals surface area contributed by atoms with Gasteiger partial charge in [0.1, 0.15) is 17.1 Å². The molecule has 0 saturated carbocycles. The van der Waals surface area contributed by atoms with Gasteiger partial charge in [0, 0.05) is 19.0 Å². The molecule has 0 unspecified atom stereocenters. The Morgan fingerprint density at radius 3 is 2.27 bits per heavy atom. The number of anilines is 1. The number of ether oxygens (including phenoxy) is 2. The van der Waals surface area contributed by atoms with E-state index in [2.05, 4.69) is 15.3 Å². The molecular weight excluding hydrogens is 397 g/mol. The molecule has 0 aliphatic carbocycles. The molecule has 0 fully saturated rings. The first-order valence-corrected chi connectivity index (χ1v) is 9.10. The smallest absolute Gasteiger partial charge is 0.434 e. The molecule has 156 valence electrons. The number of hydrogen-bond donors (Lipinski definition) is 1. The van der Waals surface area contributed by atoms with E-state index in [1.54, 1.807) is 49.1 Å². The summed E-state index contributed by atoms with van der Waals surface area (Å²) in [6.07, 6.45) is -4.64. The van der Waals surface area contributed by atoms with E-state index in [9.17, 15) is 13.2 Å². The van der Waals surface area contributed by atoms with Crippen LogP contribution in [0, 0.1) is 0 Å². The van der Waals surface area contributed by atoms with Gasteiger partial charge in [-0.2, -0.15) is 18.2 Å². The van der Waals surface area contributed by atoms with E-state index < -0.39 is 11.9 Å². The van der Waals surface area contributed by atoms with Crippen molar-refractivity contribution in [3.63, 3.8) is 0 Å². The lowest BCUT2D eigenvalue weighted by atomic mass is 10.1. The van der Waals surface area contributed by atoms with Gasteiger partial charge in [-0.25, -0.2) is 4.98 Å². The Labute approximate surface area is 170 Å². The molecule has 1 N–H and O–H groups in total. The van der Waals surface area contributed by atoms with Crippen LogP contribution in [-0.4, -0.2) is 28.8 Å². The molecule has 0 spiro atoms. The van der Waals surface area contributed by atoms with Crippen LogP contribution in [0.1, 0.15) is 11.3 Å². The van der Waals surface area contributed by atoms with Crippen molar-refractivity contribution in [1.29, 1.82) is 0 Å². The van der Waals surface area contributed by atoms with Crippen LogP contribution in [0.3, 0.4) is 0 Å². The number of hydrogen-bond acceptors (Lipinski definition) is 5. The van der Waals surface area contributed by atoms with Gasteiger partial charge < -0.3 is 19.4 Å². The van der Waals surface area contributed by atoms with Gasteiger partial charge in [-0.1, -0.05) is 12.1 Å². The summed E-state index contributed by atoms with van der Waals surface area (Å²) in [4.78, 5) is 8.18. The van der Waals surface area contributed by atoms with Crippen LogP contribution in [0.15, 0.2) is 42.5 Å². The number of aryl methyl sites for hydroxylation is 1. The highest BCUT2D eigenvalue weighted by Gasteiger charge is 2.37. The molecule has 2 heterocycles. The van der Waals surface area contributed by atoms with Gasteiger partial charge in [-0.3, -0.25) is 0 Å². The van der Waals surface area contributed by atoms with Crippen molar-refractivity contribution in [2.75, 3.05) is 19.5 Å². The van der Waals surface area contributed by atoms with Crippen molar-refractivity contribution in [2.45, 2.75) is 12.7 Å². The normalized spacial score (nSPS) is 11.8. The summed E-state index contributed by atoms with van der Waals surface area (Å²) in [5.41, 5.74) is 0.675. The molecule has 0 radical (unpaired) electrons. The first-order valence-electron chi connectivity index (χ1n) is 9.10. The van der Waals surface area contributed by atoms with E-state index in [0.717, 1.165) is 5.56 Å². The maximum absolute atomic E-state index is 13.9. The standard InChI is InChI=1S/C21H19F3N4O2/c1-28-16-9-8-14(30-3)10-15(16)17-18(21(22,23)24)26-20(27-19(17)28)25-11-12-4-6-13(29-2)7-5-12/h4-10H,11H2,1-3H3,(H,25,26,27). The van der Waals surface area contributed by atoms with Gasteiger partial charge in [0.05, 0.1) is 25.1 Å². The third kappa shape index (κ3) is 3.47. The highest BCUT2D eigenvalue weighted by atomic mass is 19.4. The van der Waals surface area contributed by atoms with E-state index >= 15 is 0 Å². The summed E-state index contributed by atoms with van der Waals surface area (Å²) in [5, 5.41) is 3.24. The van der Waals surface area contributed by atoms with E-state index in [1.165, 1.54) is 7.11 Å². The zero-order valence-electron chi connectivity index (χ0n) is 16.5. The maximum atomic E-state index is 13.9. The average Bonchev–Trinajstić information content (AvgIpc) is 3.02. The van der Waals surface area contributed by atoms with Gasteiger partial charge in [-0.05, 0) is 35.9 Å². The topological polar surface area (TPSA) is 61.2 Å². The van der Waals surface area contributed by atoms with E-state index in [4.69, 9.17) is 9.47 Å². The Balaban J connectivity index is 1.81. The molecule has 6 nitrogen and oxygen atoms in total. The Morgan fingerprint density at radius 2 is 1.63 bits per heavy atom. The quantitative estimate of drug-likeness (QED) is 0.508. The van der Waals surface area contributed by atoms with Crippen LogP contribution in [0.25, 0.3) is 21.9 Å². The molecule has 0 aliphatic heterocycles. The van der Waals surface area contributed by atoms with Gasteiger partial charge in [0.2, 0.25) is 5.95 Å². The van der Waals surface area contributed by atoms with Crippen LogP contribution in [0.2, 0.25) is 0 Å². The van der Waals surface area contributed by atoms with Crippen molar-refractivity contribution in [3.05, 3.63) is 53.7 Å².